The molecule has 8 nitrogen and oxygen atoms in total. The third-order valence-electron chi connectivity index (χ3n) is 4.37. The fourth-order valence-electron chi connectivity index (χ4n) is 2.82. The maximum Gasteiger partial charge on any atom is 0.268 e. The van der Waals surface area contributed by atoms with Gasteiger partial charge in [-0.3, -0.25) is 9.59 Å². The van der Waals surface area contributed by atoms with Gasteiger partial charge in [0.2, 0.25) is 5.91 Å². The zero-order valence-electron chi connectivity index (χ0n) is 17.2. The summed E-state index contributed by atoms with van der Waals surface area (Å²) in [6.45, 7) is 5.61. The SMILES string of the molecule is CCCCOCCCNC(=O)Cn1nc(-c2cccs2)c(-c2cc(C)no2)cc1=O. The Morgan fingerprint density at radius 3 is 2.83 bits per heavy atom. The first-order chi connectivity index (χ1) is 14.6. The summed E-state index contributed by atoms with van der Waals surface area (Å²) in [5.74, 6) is 0.207. The van der Waals surface area contributed by atoms with E-state index >= 15 is 0 Å². The Kier molecular flexibility index (Phi) is 7.92. The third-order valence-corrected chi connectivity index (χ3v) is 5.25. The lowest BCUT2D eigenvalue weighted by molar-refractivity contribution is -0.121. The van der Waals surface area contributed by atoms with Crippen LogP contribution in [0.4, 0.5) is 0 Å². The topological polar surface area (TPSA) is 99.2 Å². The second-order valence-corrected chi connectivity index (χ2v) is 7.83. The van der Waals surface area contributed by atoms with Crippen molar-refractivity contribution in [1.82, 2.24) is 20.3 Å². The summed E-state index contributed by atoms with van der Waals surface area (Å²) in [5, 5.41) is 13.1. The molecule has 0 atom stereocenters. The molecule has 3 heterocycles. The van der Waals surface area contributed by atoms with E-state index in [1.165, 1.54) is 22.1 Å². The molecule has 0 spiro atoms. The molecule has 3 aromatic heterocycles. The predicted molar refractivity (Wildman–Crippen MR) is 115 cm³/mol. The van der Waals surface area contributed by atoms with Gasteiger partial charge in [0.05, 0.1) is 16.1 Å². The molecule has 0 aromatic carbocycles. The molecule has 3 aromatic rings. The number of unbranched alkanes of at least 4 members (excludes halogenated alkanes) is 1. The summed E-state index contributed by atoms with van der Waals surface area (Å²) < 4.78 is 12.0. The lowest BCUT2D eigenvalue weighted by atomic mass is 10.1. The smallest absolute Gasteiger partial charge is 0.268 e. The van der Waals surface area contributed by atoms with E-state index < -0.39 is 0 Å². The van der Waals surface area contributed by atoms with E-state index in [2.05, 4.69) is 22.5 Å². The first kappa shape index (κ1) is 21.9. The summed E-state index contributed by atoms with van der Waals surface area (Å²) in [7, 11) is 0. The van der Waals surface area contributed by atoms with Gasteiger partial charge in [-0.05, 0) is 31.2 Å². The van der Waals surface area contributed by atoms with E-state index in [0.29, 0.717) is 35.9 Å². The van der Waals surface area contributed by atoms with Crippen LogP contribution in [-0.4, -0.2) is 40.6 Å². The van der Waals surface area contributed by atoms with Gasteiger partial charge in [0.1, 0.15) is 12.2 Å². The fraction of sp³-hybridized carbons (Fsp3) is 0.429. The molecule has 0 aliphatic rings. The third kappa shape index (κ3) is 5.87. The highest BCUT2D eigenvalue weighted by Crippen LogP contribution is 2.32. The number of hydrogen-bond acceptors (Lipinski definition) is 7. The number of aryl methyl sites for hydroxylation is 1. The van der Waals surface area contributed by atoms with Crippen molar-refractivity contribution in [3.05, 3.63) is 45.7 Å². The number of nitrogens with one attached hydrogen (secondary N) is 1. The van der Waals surface area contributed by atoms with Crippen LogP contribution in [0.1, 0.15) is 31.9 Å². The summed E-state index contributed by atoms with van der Waals surface area (Å²) in [6, 6.07) is 7.01. The van der Waals surface area contributed by atoms with Crippen LogP contribution in [0, 0.1) is 6.92 Å². The van der Waals surface area contributed by atoms with Crippen LogP contribution in [0.3, 0.4) is 0 Å². The van der Waals surface area contributed by atoms with Crippen molar-refractivity contribution in [2.45, 2.75) is 39.7 Å². The van der Waals surface area contributed by atoms with Gasteiger partial charge in [0.15, 0.2) is 5.76 Å². The Hall–Kier alpha value is -2.78. The zero-order chi connectivity index (χ0) is 21.3. The largest absolute Gasteiger partial charge is 0.381 e. The molecular formula is C21H26N4O4S. The van der Waals surface area contributed by atoms with Crippen molar-refractivity contribution < 1.29 is 14.1 Å². The summed E-state index contributed by atoms with van der Waals surface area (Å²) in [4.78, 5) is 25.7. The van der Waals surface area contributed by atoms with Crippen LogP contribution < -0.4 is 10.9 Å². The van der Waals surface area contributed by atoms with Gasteiger partial charge >= 0.3 is 0 Å². The molecule has 1 N–H and O–H groups in total. The van der Waals surface area contributed by atoms with Crippen molar-refractivity contribution in [3.63, 3.8) is 0 Å². The van der Waals surface area contributed by atoms with Crippen LogP contribution in [0.2, 0.25) is 0 Å². The Balaban J connectivity index is 1.69. The van der Waals surface area contributed by atoms with Crippen molar-refractivity contribution >= 4 is 17.2 Å². The molecule has 0 saturated carbocycles. The second kappa shape index (κ2) is 10.8. The Bertz CT molecular complexity index is 1010. The molecule has 0 fully saturated rings. The van der Waals surface area contributed by atoms with Gasteiger partial charge in [0.25, 0.3) is 5.56 Å². The van der Waals surface area contributed by atoms with Crippen LogP contribution in [-0.2, 0) is 16.1 Å². The molecule has 0 aliphatic heterocycles. The predicted octanol–water partition coefficient (Wildman–Crippen LogP) is 3.26. The Labute approximate surface area is 178 Å². The summed E-state index contributed by atoms with van der Waals surface area (Å²) in [5.41, 5.74) is 1.48. The van der Waals surface area contributed by atoms with E-state index in [4.69, 9.17) is 9.26 Å². The maximum absolute atomic E-state index is 12.6. The molecule has 0 bridgehead atoms. The lowest BCUT2D eigenvalue weighted by Crippen LogP contribution is -2.34. The van der Waals surface area contributed by atoms with E-state index in [1.54, 1.807) is 6.07 Å². The number of amides is 1. The molecule has 160 valence electrons. The van der Waals surface area contributed by atoms with Gasteiger partial charge in [-0.2, -0.15) is 5.10 Å². The first-order valence-corrected chi connectivity index (χ1v) is 10.9. The monoisotopic (exact) mass is 430 g/mol. The molecule has 0 radical (unpaired) electrons. The van der Waals surface area contributed by atoms with Crippen LogP contribution >= 0.6 is 11.3 Å². The quantitative estimate of drug-likeness (QED) is 0.469. The Morgan fingerprint density at radius 1 is 1.30 bits per heavy atom. The number of rotatable bonds is 11. The standard InChI is InChI=1S/C21H26N4O4S/c1-3-4-9-28-10-6-8-22-19(26)14-25-20(27)13-16(17-12-15(2)24-29-17)21(23-25)18-7-5-11-30-18/h5,7,11-13H,3-4,6,8-10,14H2,1-2H3,(H,22,26). The number of carbonyl (C=O) groups excluding carboxylic acids is 1. The van der Waals surface area contributed by atoms with Gasteiger partial charge < -0.3 is 14.6 Å². The van der Waals surface area contributed by atoms with Crippen LogP contribution in [0.25, 0.3) is 21.9 Å². The minimum Gasteiger partial charge on any atom is -0.381 e. The number of hydrogen-bond donors (Lipinski definition) is 1. The number of nitrogens with zero attached hydrogens (tertiary/aromatic N) is 3. The normalized spacial score (nSPS) is 11.0. The van der Waals surface area contributed by atoms with Crippen LogP contribution in [0.5, 0.6) is 0 Å². The maximum atomic E-state index is 12.6. The van der Waals surface area contributed by atoms with Gasteiger partial charge in [-0.25, -0.2) is 4.68 Å². The Morgan fingerprint density at radius 2 is 2.13 bits per heavy atom. The van der Waals surface area contributed by atoms with E-state index in [0.717, 1.165) is 30.7 Å². The van der Waals surface area contributed by atoms with Gasteiger partial charge in [-0.1, -0.05) is 24.6 Å². The van der Waals surface area contributed by atoms with Crippen molar-refractivity contribution in [2.75, 3.05) is 19.8 Å². The van der Waals surface area contributed by atoms with E-state index in [9.17, 15) is 9.59 Å². The zero-order valence-corrected chi connectivity index (χ0v) is 18.0. The molecule has 9 heteroatoms. The summed E-state index contributed by atoms with van der Waals surface area (Å²) >= 11 is 1.50. The minimum atomic E-state index is -0.377. The number of thiophene rings is 1. The molecule has 0 saturated heterocycles. The molecule has 3 rings (SSSR count). The second-order valence-electron chi connectivity index (χ2n) is 6.88. The highest BCUT2D eigenvalue weighted by atomic mass is 32.1. The lowest BCUT2D eigenvalue weighted by Gasteiger charge is -2.10. The van der Waals surface area contributed by atoms with E-state index in [-0.39, 0.29) is 18.0 Å². The van der Waals surface area contributed by atoms with Gasteiger partial charge in [-0.15, -0.1) is 11.3 Å². The average molecular weight is 431 g/mol. The van der Waals surface area contributed by atoms with Crippen molar-refractivity contribution in [1.29, 1.82) is 0 Å². The number of carbonyl (C=O) groups is 1. The first-order valence-electron chi connectivity index (χ1n) is 10.0. The minimum absolute atomic E-state index is 0.149. The molecular weight excluding hydrogens is 404 g/mol. The number of ether oxygens (including phenoxy) is 1. The molecule has 0 aliphatic carbocycles. The molecule has 0 unspecified atom stereocenters. The number of aromatic nitrogens is 3. The highest BCUT2D eigenvalue weighted by molar-refractivity contribution is 7.13. The van der Waals surface area contributed by atoms with Gasteiger partial charge in [0, 0.05) is 31.9 Å². The van der Waals surface area contributed by atoms with Crippen molar-refractivity contribution in [2.24, 2.45) is 0 Å². The van der Waals surface area contributed by atoms with E-state index in [1.807, 2.05) is 24.4 Å². The molecule has 1 amide bonds. The summed E-state index contributed by atoms with van der Waals surface area (Å²) in [6.07, 6.45) is 2.86. The highest BCUT2D eigenvalue weighted by Gasteiger charge is 2.18. The molecule has 30 heavy (non-hydrogen) atoms. The van der Waals surface area contributed by atoms with Crippen LogP contribution in [0.15, 0.2) is 39.0 Å². The van der Waals surface area contributed by atoms with Crippen molar-refractivity contribution in [3.8, 4) is 21.9 Å². The average Bonchev–Trinajstić information content (AvgIpc) is 3.40. The fourth-order valence-corrected chi connectivity index (χ4v) is 3.54.